The number of aryl methyl sites for hydroxylation is 2. The van der Waals surface area contributed by atoms with Crippen LogP contribution in [-0.2, 0) is 28.4 Å². The first-order chi connectivity index (χ1) is 11.7. The lowest BCUT2D eigenvalue weighted by Crippen LogP contribution is -2.25. The third-order valence-electron chi connectivity index (χ3n) is 3.39. The Kier molecular flexibility index (Phi) is 5.75. The Bertz CT molecular complexity index is 880. The highest BCUT2D eigenvalue weighted by molar-refractivity contribution is 7.89. The number of amides is 1. The van der Waals surface area contributed by atoms with Gasteiger partial charge in [0.05, 0.1) is 22.8 Å². The van der Waals surface area contributed by atoms with E-state index in [1.165, 1.54) is 19.2 Å². The molecule has 0 atom stereocenters. The van der Waals surface area contributed by atoms with Crippen LogP contribution < -0.4 is 14.8 Å². The average Bonchev–Trinajstić information content (AvgIpc) is 2.89. The van der Waals surface area contributed by atoms with Crippen molar-refractivity contribution in [2.45, 2.75) is 18.4 Å². The van der Waals surface area contributed by atoms with E-state index in [0.29, 0.717) is 5.69 Å². The van der Waals surface area contributed by atoms with Crippen molar-refractivity contribution < 1.29 is 22.3 Å². The molecule has 1 heterocycles. The van der Waals surface area contributed by atoms with E-state index in [-0.39, 0.29) is 23.8 Å². The van der Waals surface area contributed by atoms with Crippen LogP contribution in [0.3, 0.4) is 0 Å². The van der Waals surface area contributed by atoms with Crippen molar-refractivity contribution in [1.29, 1.82) is 0 Å². The minimum Gasteiger partial charge on any atom is -0.481 e. The van der Waals surface area contributed by atoms with Gasteiger partial charge in [0.25, 0.3) is 5.91 Å². The molecule has 0 bridgehead atoms. The fourth-order valence-corrected chi connectivity index (χ4v) is 3.07. The maximum atomic E-state index is 14.0. The minimum absolute atomic E-state index is 0.0240. The summed E-state index contributed by atoms with van der Waals surface area (Å²) >= 11 is 0. The molecule has 0 fully saturated rings. The molecule has 0 saturated heterocycles. The fraction of sp³-hybridized carbons (Fsp3) is 0.333. The highest BCUT2D eigenvalue weighted by atomic mass is 32.2. The van der Waals surface area contributed by atoms with Crippen molar-refractivity contribution in [3.63, 3.8) is 0 Å². The van der Waals surface area contributed by atoms with Gasteiger partial charge in [-0.25, -0.2) is 17.5 Å². The van der Waals surface area contributed by atoms with Crippen molar-refractivity contribution in [2.24, 2.45) is 7.05 Å². The molecule has 0 aliphatic heterocycles. The van der Waals surface area contributed by atoms with Crippen LogP contribution in [0.4, 0.5) is 4.39 Å². The smallest absolute Gasteiger partial charge is 0.257 e. The van der Waals surface area contributed by atoms with Crippen LogP contribution in [0.15, 0.2) is 29.2 Å². The van der Waals surface area contributed by atoms with Crippen LogP contribution in [0, 0.1) is 12.7 Å². The highest BCUT2D eigenvalue weighted by Gasteiger charge is 2.18. The molecule has 0 unspecified atom stereocenters. The maximum Gasteiger partial charge on any atom is 0.257 e. The van der Waals surface area contributed by atoms with Crippen molar-refractivity contribution in [3.05, 3.63) is 41.5 Å². The van der Waals surface area contributed by atoms with Gasteiger partial charge in [-0.15, -0.1) is 0 Å². The predicted octanol–water partition coefficient (Wildman–Crippen LogP) is 0.471. The number of carbonyl (C=O) groups is 1. The third kappa shape index (κ3) is 4.77. The molecule has 0 radical (unpaired) electrons. The van der Waals surface area contributed by atoms with Crippen LogP contribution in [0.5, 0.6) is 5.75 Å². The summed E-state index contributed by atoms with van der Waals surface area (Å²) in [5.74, 6) is -1.50. The molecule has 0 spiro atoms. The summed E-state index contributed by atoms with van der Waals surface area (Å²) in [6.07, 6.45) is 0. The zero-order valence-electron chi connectivity index (χ0n) is 14.0. The van der Waals surface area contributed by atoms with Gasteiger partial charge in [-0.05, 0) is 31.2 Å². The lowest BCUT2D eigenvalue weighted by atomic mass is 10.3. The van der Waals surface area contributed by atoms with Crippen LogP contribution in [0.1, 0.15) is 11.4 Å². The predicted molar refractivity (Wildman–Crippen MR) is 87.9 cm³/mol. The van der Waals surface area contributed by atoms with Crippen molar-refractivity contribution in [1.82, 2.24) is 19.8 Å². The second kappa shape index (κ2) is 7.62. The zero-order valence-corrected chi connectivity index (χ0v) is 14.9. The molecular weight excluding hydrogens is 351 g/mol. The van der Waals surface area contributed by atoms with Gasteiger partial charge in [0.2, 0.25) is 10.0 Å². The molecule has 1 aromatic heterocycles. The first-order valence-corrected chi connectivity index (χ1v) is 8.83. The number of aromatic nitrogens is 2. The molecule has 0 saturated carbocycles. The summed E-state index contributed by atoms with van der Waals surface area (Å²) in [6, 6.07) is 4.97. The van der Waals surface area contributed by atoms with E-state index < -0.39 is 21.7 Å². The van der Waals surface area contributed by atoms with E-state index in [4.69, 9.17) is 4.74 Å². The first kappa shape index (κ1) is 18.9. The number of nitrogens with one attached hydrogen (secondary N) is 2. The second-order valence-electron chi connectivity index (χ2n) is 5.28. The zero-order chi connectivity index (χ0) is 18.6. The molecular formula is C15H19FN4O4S. The summed E-state index contributed by atoms with van der Waals surface area (Å²) in [7, 11) is -0.780. The van der Waals surface area contributed by atoms with Crippen molar-refractivity contribution in [2.75, 3.05) is 13.7 Å². The molecule has 136 valence electrons. The number of hydrogen-bond donors (Lipinski definition) is 2. The Morgan fingerprint density at radius 1 is 1.36 bits per heavy atom. The Balaban J connectivity index is 2.10. The Morgan fingerprint density at radius 2 is 2.08 bits per heavy atom. The fourth-order valence-electron chi connectivity index (χ4n) is 2.06. The van der Waals surface area contributed by atoms with E-state index in [9.17, 15) is 17.6 Å². The van der Waals surface area contributed by atoms with Crippen LogP contribution in [-0.4, -0.2) is 37.8 Å². The summed E-state index contributed by atoms with van der Waals surface area (Å²) < 4.78 is 47.5. The van der Waals surface area contributed by atoms with E-state index in [0.717, 1.165) is 11.8 Å². The SMILES string of the molecule is CNC(=O)COc1ccc(S(=O)(=O)NCc2cc(C)nn2C)cc1F. The number of sulfonamides is 1. The van der Waals surface area contributed by atoms with Gasteiger partial charge in [0.1, 0.15) is 0 Å². The average molecular weight is 370 g/mol. The molecule has 0 aliphatic rings. The number of ether oxygens (including phenoxy) is 1. The number of hydrogen-bond acceptors (Lipinski definition) is 5. The van der Waals surface area contributed by atoms with Gasteiger partial charge in [0.15, 0.2) is 18.2 Å². The highest BCUT2D eigenvalue weighted by Crippen LogP contribution is 2.21. The van der Waals surface area contributed by atoms with Gasteiger partial charge < -0.3 is 10.1 Å². The summed E-state index contributed by atoms with van der Waals surface area (Å²) in [4.78, 5) is 10.9. The van der Waals surface area contributed by atoms with Gasteiger partial charge in [-0.3, -0.25) is 9.48 Å². The van der Waals surface area contributed by atoms with Crippen LogP contribution in [0.2, 0.25) is 0 Å². The Labute approximate surface area is 145 Å². The molecule has 2 aromatic rings. The van der Waals surface area contributed by atoms with E-state index in [2.05, 4.69) is 15.1 Å². The molecule has 1 aromatic carbocycles. The van der Waals surface area contributed by atoms with Crippen LogP contribution in [0.25, 0.3) is 0 Å². The third-order valence-corrected chi connectivity index (χ3v) is 4.79. The largest absolute Gasteiger partial charge is 0.481 e. The summed E-state index contributed by atoms with van der Waals surface area (Å²) in [6.45, 7) is 1.46. The van der Waals surface area contributed by atoms with Gasteiger partial charge in [0, 0.05) is 14.1 Å². The van der Waals surface area contributed by atoms with E-state index in [1.807, 2.05) is 0 Å². The summed E-state index contributed by atoms with van der Waals surface area (Å²) in [5, 5.41) is 6.45. The standard InChI is InChI=1S/C15H19FN4O4S/c1-10-6-11(20(3)19-10)8-18-25(22,23)12-4-5-14(13(16)7-12)24-9-15(21)17-2/h4-7,18H,8-9H2,1-3H3,(H,17,21). The summed E-state index contributed by atoms with van der Waals surface area (Å²) in [5.41, 5.74) is 1.44. The normalized spacial score (nSPS) is 11.4. The molecule has 10 heteroatoms. The van der Waals surface area contributed by atoms with E-state index >= 15 is 0 Å². The number of carbonyl (C=O) groups excluding carboxylic acids is 1. The molecule has 25 heavy (non-hydrogen) atoms. The Hall–Kier alpha value is -2.46. The molecule has 0 aliphatic carbocycles. The minimum atomic E-state index is -3.91. The van der Waals surface area contributed by atoms with Crippen LogP contribution >= 0.6 is 0 Å². The number of benzene rings is 1. The van der Waals surface area contributed by atoms with Gasteiger partial charge >= 0.3 is 0 Å². The number of nitrogens with zero attached hydrogens (tertiary/aromatic N) is 2. The lowest BCUT2D eigenvalue weighted by Gasteiger charge is -2.10. The van der Waals surface area contributed by atoms with Crippen molar-refractivity contribution in [3.8, 4) is 5.75 Å². The Morgan fingerprint density at radius 3 is 2.64 bits per heavy atom. The maximum absolute atomic E-state index is 14.0. The van der Waals surface area contributed by atoms with Crippen molar-refractivity contribution >= 4 is 15.9 Å². The first-order valence-electron chi connectivity index (χ1n) is 7.35. The molecule has 8 nitrogen and oxygen atoms in total. The van der Waals surface area contributed by atoms with Gasteiger partial charge in [-0.2, -0.15) is 5.10 Å². The lowest BCUT2D eigenvalue weighted by molar-refractivity contribution is -0.122. The second-order valence-corrected chi connectivity index (χ2v) is 7.05. The molecule has 2 rings (SSSR count). The number of halogens is 1. The molecule has 2 N–H and O–H groups in total. The number of likely N-dealkylation sites (N-methyl/N-ethyl adjacent to an activating group) is 1. The van der Waals surface area contributed by atoms with Gasteiger partial charge in [-0.1, -0.05) is 0 Å². The molecule has 1 amide bonds. The van der Waals surface area contributed by atoms with E-state index in [1.54, 1.807) is 24.7 Å². The number of rotatable bonds is 7. The monoisotopic (exact) mass is 370 g/mol. The quantitative estimate of drug-likeness (QED) is 0.738. The topological polar surface area (TPSA) is 102 Å².